The number of rotatable bonds is 5. The molecule has 0 spiro atoms. The van der Waals surface area contributed by atoms with Crippen LogP contribution in [-0.2, 0) is 11.0 Å². The fourth-order valence-electron chi connectivity index (χ4n) is 2.77. The molecule has 1 aliphatic rings. The van der Waals surface area contributed by atoms with Crippen LogP contribution >= 0.6 is 0 Å². The van der Waals surface area contributed by atoms with Crippen LogP contribution in [0, 0.1) is 5.82 Å². The van der Waals surface area contributed by atoms with Crippen LogP contribution in [0.5, 0.6) is 0 Å². The minimum Gasteiger partial charge on any atom is -0.371 e. The average Bonchev–Trinajstić information content (AvgIpc) is 2.68. The molecule has 1 aliphatic heterocycles. The van der Waals surface area contributed by atoms with E-state index >= 15 is 0 Å². The highest BCUT2D eigenvalue weighted by Gasteiger charge is 2.36. The number of allylic oxidation sites excluding steroid dienone is 1. The van der Waals surface area contributed by atoms with Crippen LogP contribution in [-0.4, -0.2) is 52.3 Å². The Balaban J connectivity index is 1.75. The summed E-state index contributed by atoms with van der Waals surface area (Å²) in [4.78, 5) is 25.3. The molecule has 2 aromatic heterocycles. The minimum atomic E-state index is -4.89. The minimum absolute atomic E-state index is 0.0214. The first kappa shape index (κ1) is 20.4. The van der Waals surface area contributed by atoms with E-state index < -0.39 is 23.5 Å². The highest BCUT2D eigenvalue weighted by atomic mass is 19.4. The number of aldehydes is 1. The van der Waals surface area contributed by atoms with Crippen LogP contribution in [0.25, 0.3) is 0 Å². The standard InChI is InChI=1S/C17H15F5N6O/c18-11(10-29)9-27-3-5-28(6-4-27)16-15(23-1-2-24-16)26-12-7-13(19)14(25-8-12)17(20,21)22/h1-2,7-10H,3-6H2,(H,23,26). The Morgan fingerprint density at radius 3 is 2.41 bits per heavy atom. The van der Waals surface area contributed by atoms with Gasteiger partial charge in [-0.1, -0.05) is 0 Å². The Bertz CT molecular complexity index is 911. The van der Waals surface area contributed by atoms with E-state index in [9.17, 15) is 26.7 Å². The van der Waals surface area contributed by atoms with Gasteiger partial charge in [-0.3, -0.25) is 4.79 Å². The normalized spacial score (nSPS) is 15.4. The predicted octanol–water partition coefficient (Wildman–Crippen LogP) is 2.90. The Kier molecular flexibility index (Phi) is 5.89. The zero-order chi connectivity index (χ0) is 21.0. The van der Waals surface area contributed by atoms with Crippen molar-refractivity contribution in [2.45, 2.75) is 6.18 Å². The van der Waals surface area contributed by atoms with Gasteiger partial charge >= 0.3 is 6.18 Å². The van der Waals surface area contributed by atoms with Crippen molar-refractivity contribution >= 4 is 23.6 Å². The lowest BCUT2D eigenvalue weighted by Crippen LogP contribution is -2.44. The molecule has 154 valence electrons. The van der Waals surface area contributed by atoms with Crippen molar-refractivity contribution in [2.24, 2.45) is 0 Å². The summed E-state index contributed by atoms with van der Waals surface area (Å²) >= 11 is 0. The highest BCUT2D eigenvalue weighted by molar-refractivity contribution is 5.69. The number of piperazine rings is 1. The second kappa shape index (κ2) is 8.37. The average molecular weight is 414 g/mol. The molecule has 3 heterocycles. The first-order valence-electron chi connectivity index (χ1n) is 8.40. The molecule has 29 heavy (non-hydrogen) atoms. The number of halogens is 5. The van der Waals surface area contributed by atoms with Gasteiger partial charge in [0.2, 0.25) is 0 Å². The Labute approximate surface area is 161 Å². The molecule has 0 aliphatic carbocycles. The molecule has 0 aromatic carbocycles. The van der Waals surface area contributed by atoms with Gasteiger partial charge < -0.3 is 15.1 Å². The Hall–Kier alpha value is -3.31. The molecule has 0 amide bonds. The second-order valence-corrected chi connectivity index (χ2v) is 6.06. The monoisotopic (exact) mass is 414 g/mol. The van der Waals surface area contributed by atoms with E-state index in [2.05, 4.69) is 20.3 Å². The number of alkyl halides is 3. The van der Waals surface area contributed by atoms with E-state index in [1.54, 1.807) is 4.90 Å². The number of aromatic nitrogens is 3. The summed E-state index contributed by atoms with van der Waals surface area (Å²) in [5.74, 6) is -1.79. The molecule has 0 unspecified atom stereocenters. The molecule has 3 rings (SSSR count). The fourth-order valence-corrected chi connectivity index (χ4v) is 2.77. The number of carbonyl (C=O) groups is 1. The van der Waals surface area contributed by atoms with Gasteiger partial charge in [0.05, 0.1) is 11.9 Å². The molecular formula is C17H15F5N6O. The lowest BCUT2D eigenvalue weighted by molar-refractivity contribution is -0.143. The van der Waals surface area contributed by atoms with Gasteiger partial charge in [0, 0.05) is 50.8 Å². The molecule has 1 fully saturated rings. The van der Waals surface area contributed by atoms with Crippen LogP contribution in [0.1, 0.15) is 5.69 Å². The first-order chi connectivity index (χ1) is 13.8. The van der Waals surface area contributed by atoms with Crippen molar-refractivity contribution in [1.82, 2.24) is 19.9 Å². The van der Waals surface area contributed by atoms with Crippen LogP contribution in [0.3, 0.4) is 0 Å². The highest BCUT2D eigenvalue weighted by Crippen LogP contribution is 2.31. The van der Waals surface area contributed by atoms with Crippen LogP contribution < -0.4 is 10.2 Å². The van der Waals surface area contributed by atoms with Crippen LogP contribution in [0.4, 0.5) is 39.3 Å². The molecule has 12 heteroatoms. The molecule has 0 atom stereocenters. The van der Waals surface area contributed by atoms with Crippen molar-refractivity contribution in [3.63, 3.8) is 0 Å². The third-order valence-electron chi connectivity index (χ3n) is 4.08. The number of carbonyl (C=O) groups excluding carboxylic acids is 1. The van der Waals surface area contributed by atoms with Crippen molar-refractivity contribution in [1.29, 1.82) is 0 Å². The van der Waals surface area contributed by atoms with Gasteiger partial charge in [-0.2, -0.15) is 13.2 Å². The summed E-state index contributed by atoms with van der Waals surface area (Å²) < 4.78 is 64.8. The van der Waals surface area contributed by atoms with Gasteiger partial charge in [0.1, 0.15) is 0 Å². The smallest absolute Gasteiger partial charge is 0.371 e. The van der Waals surface area contributed by atoms with Gasteiger partial charge in [0.25, 0.3) is 0 Å². The summed E-state index contributed by atoms with van der Waals surface area (Å²) in [6.45, 7) is 1.67. The lowest BCUT2D eigenvalue weighted by atomic mass is 10.3. The molecule has 7 nitrogen and oxygen atoms in total. The van der Waals surface area contributed by atoms with E-state index in [1.165, 1.54) is 12.4 Å². The topological polar surface area (TPSA) is 74.2 Å². The largest absolute Gasteiger partial charge is 0.436 e. The van der Waals surface area contributed by atoms with Crippen molar-refractivity contribution < 1.29 is 26.7 Å². The van der Waals surface area contributed by atoms with Gasteiger partial charge in [-0.15, -0.1) is 0 Å². The van der Waals surface area contributed by atoms with Crippen molar-refractivity contribution in [3.8, 4) is 0 Å². The molecule has 0 bridgehead atoms. The second-order valence-electron chi connectivity index (χ2n) is 6.06. The van der Waals surface area contributed by atoms with Crippen LogP contribution in [0.15, 0.2) is 36.7 Å². The van der Waals surface area contributed by atoms with Gasteiger partial charge in [-0.05, 0) is 0 Å². The van der Waals surface area contributed by atoms with E-state index in [4.69, 9.17) is 0 Å². The molecule has 0 radical (unpaired) electrons. The third-order valence-corrected chi connectivity index (χ3v) is 4.08. The number of hydrogen-bond acceptors (Lipinski definition) is 7. The first-order valence-corrected chi connectivity index (χ1v) is 8.40. The maximum atomic E-state index is 13.7. The van der Waals surface area contributed by atoms with E-state index in [0.717, 1.165) is 12.4 Å². The van der Waals surface area contributed by atoms with Crippen molar-refractivity contribution in [2.75, 3.05) is 36.4 Å². The molecular weight excluding hydrogens is 399 g/mol. The maximum Gasteiger partial charge on any atom is 0.436 e. The maximum absolute atomic E-state index is 13.7. The molecule has 0 saturated carbocycles. The summed E-state index contributed by atoms with van der Waals surface area (Å²) in [6.07, 6.45) is 0.0147. The Morgan fingerprint density at radius 2 is 1.79 bits per heavy atom. The summed E-state index contributed by atoms with van der Waals surface area (Å²) in [5, 5.41) is 2.72. The summed E-state index contributed by atoms with van der Waals surface area (Å²) in [5.41, 5.74) is -1.62. The Morgan fingerprint density at radius 1 is 1.10 bits per heavy atom. The van der Waals surface area contributed by atoms with Crippen molar-refractivity contribution in [3.05, 3.63) is 48.2 Å². The van der Waals surface area contributed by atoms with Gasteiger partial charge in [0.15, 0.2) is 35.3 Å². The fraction of sp³-hybridized carbons (Fsp3) is 0.294. The predicted molar refractivity (Wildman–Crippen MR) is 93.6 cm³/mol. The molecule has 2 aromatic rings. The zero-order valence-electron chi connectivity index (χ0n) is 14.8. The zero-order valence-corrected chi connectivity index (χ0v) is 14.8. The van der Waals surface area contributed by atoms with E-state index in [0.29, 0.717) is 38.1 Å². The van der Waals surface area contributed by atoms with E-state index in [1.807, 2.05) is 4.90 Å². The molecule has 1 saturated heterocycles. The summed E-state index contributed by atoms with van der Waals surface area (Å²) in [6, 6.07) is 0.680. The quantitative estimate of drug-likeness (QED) is 0.458. The summed E-state index contributed by atoms with van der Waals surface area (Å²) in [7, 11) is 0. The third kappa shape index (κ3) is 4.95. The number of pyridine rings is 1. The number of nitrogens with zero attached hydrogens (tertiary/aromatic N) is 5. The number of nitrogens with one attached hydrogen (secondary N) is 1. The van der Waals surface area contributed by atoms with Gasteiger partial charge in [-0.25, -0.2) is 23.7 Å². The molecule has 1 N–H and O–H groups in total. The number of anilines is 3. The van der Waals surface area contributed by atoms with E-state index in [-0.39, 0.29) is 17.8 Å². The number of hydrogen-bond donors (Lipinski definition) is 1. The lowest BCUT2D eigenvalue weighted by Gasteiger charge is -2.35. The SMILES string of the molecule is O=CC(F)=CN1CCN(c2nccnc2Nc2cnc(C(F)(F)F)c(F)c2)CC1. The van der Waals surface area contributed by atoms with Crippen LogP contribution in [0.2, 0.25) is 0 Å².